The Morgan fingerprint density at radius 2 is 2.06 bits per heavy atom. The van der Waals surface area contributed by atoms with Gasteiger partial charge in [0.2, 0.25) is 0 Å². The van der Waals surface area contributed by atoms with Crippen molar-refractivity contribution >= 4 is 5.97 Å². The van der Waals surface area contributed by atoms with Crippen molar-refractivity contribution in [2.24, 2.45) is 5.92 Å². The minimum atomic E-state index is -0.696. The number of carbonyl (C=O) groups is 1. The first-order valence-corrected chi connectivity index (χ1v) is 6.68. The van der Waals surface area contributed by atoms with Crippen LogP contribution in [0.3, 0.4) is 0 Å². The van der Waals surface area contributed by atoms with Gasteiger partial charge < -0.3 is 10.4 Å². The predicted molar refractivity (Wildman–Crippen MR) is 73.7 cm³/mol. The Kier molecular flexibility index (Phi) is 7.11. The Morgan fingerprint density at radius 3 is 2.67 bits per heavy atom. The van der Waals surface area contributed by atoms with Gasteiger partial charge >= 0.3 is 5.97 Å². The van der Waals surface area contributed by atoms with E-state index in [1.807, 2.05) is 18.2 Å². The van der Waals surface area contributed by atoms with Crippen molar-refractivity contribution in [1.82, 2.24) is 5.32 Å². The molecule has 0 unspecified atom stereocenters. The third-order valence-electron chi connectivity index (χ3n) is 3.03. The lowest BCUT2D eigenvalue weighted by molar-refractivity contribution is -0.138. The number of nitrogens with one attached hydrogen (secondary N) is 1. The summed E-state index contributed by atoms with van der Waals surface area (Å²) >= 11 is 0. The summed E-state index contributed by atoms with van der Waals surface area (Å²) in [5, 5.41) is 12.2. The number of hydrogen-bond acceptors (Lipinski definition) is 2. The zero-order chi connectivity index (χ0) is 13.2. The number of benzene rings is 1. The highest BCUT2D eigenvalue weighted by Crippen LogP contribution is 2.10. The molecule has 2 N–H and O–H groups in total. The summed E-state index contributed by atoms with van der Waals surface area (Å²) in [5.74, 6) is -0.443. The number of carboxylic acids is 1. The SMILES string of the molecule is CCC[C@@H](CNCCc1ccccc1)CC(=O)O. The molecule has 0 aliphatic carbocycles. The van der Waals surface area contributed by atoms with Crippen molar-refractivity contribution < 1.29 is 9.90 Å². The zero-order valence-electron chi connectivity index (χ0n) is 11.1. The van der Waals surface area contributed by atoms with Crippen molar-refractivity contribution in [3.63, 3.8) is 0 Å². The van der Waals surface area contributed by atoms with Gasteiger partial charge in [0, 0.05) is 6.42 Å². The van der Waals surface area contributed by atoms with Gasteiger partial charge in [-0.1, -0.05) is 43.7 Å². The molecule has 1 aromatic rings. The predicted octanol–water partition coefficient (Wildman–Crippen LogP) is 2.71. The average Bonchev–Trinajstić information content (AvgIpc) is 2.35. The normalized spacial score (nSPS) is 12.3. The molecule has 3 nitrogen and oxygen atoms in total. The molecule has 0 aliphatic rings. The van der Waals surface area contributed by atoms with Gasteiger partial charge in [-0.3, -0.25) is 4.79 Å². The van der Waals surface area contributed by atoms with Crippen LogP contribution in [0.15, 0.2) is 30.3 Å². The first-order chi connectivity index (χ1) is 8.72. The summed E-state index contributed by atoms with van der Waals surface area (Å²) in [6.07, 6.45) is 3.28. The number of hydrogen-bond donors (Lipinski definition) is 2. The molecule has 0 radical (unpaired) electrons. The molecule has 1 aromatic carbocycles. The highest BCUT2D eigenvalue weighted by atomic mass is 16.4. The lowest BCUT2D eigenvalue weighted by atomic mass is 10.00. The topological polar surface area (TPSA) is 49.3 Å². The van der Waals surface area contributed by atoms with Crippen LogP contribution in [-0.4, -0.2) is 24.2 Å². The van der Waals surface area contributed by atoms with Gasteiger partial charge in [0.15, 0.2) is 0 Å². The second-order valence-corrected chi connectivity index (χ2v) is 4.69. The second-order valence-electron chi connectivity index (χ2n) is 4.69. The fourth-order valence-corrected chi connectivity index (χ4v) is 2.12. The molecular formula is C15H23NO2. The molecule has 3 heteroatoms. The standard InChI is InChI=1S/C15H23NO2/c1-2-6-14(11-15(17)18)12-16-10-9-13-7-4-3-5-8-13/h3-5,7-8,14,16H,2,6,9-12H2,1H3,(H,17,18)/t14-/m1/s1. The molecule has 18 heavy (non-hydrogen) atoms. The van der Waals surface area contributed by atoms with E-state index in [4.69, 9.17) is 5.11 Å². The fraction of sp³-hybridized carbons (Fsp3) is 0.533. The van der Waals surface area contributed by atoms with Crippen molar-refractivity contribution in [2.45, 2.75) is 32.6 Å². The molecule has 1 atom stereocenters. The lowest BCUT2D eigenvalue weighted by Crippen LogP contribution is -2.26. The smallest absolute Gasteiger partial charge is 0.303 e. The van der Waals surface area contributed by atoms with Gasteiger partial charge in [-0.15, -0.1) is 0 Å². The summed E-state index contributed by atoms with van der Waals surface area (Å²) < 4.78 is 0. The Balaban J connectivity index is 2.20. The molecule has 0 bridgehead atoms. The Morgan fingerprint density at radius 1 is 1.33 bits per heavy atom. The molecule has 0 saturated carbocycles. The quantitative estimate of drug-likeness (QED) is 0.662. The Labute approximate surface area is 109 Å². The summed E-state index contributed by atoms with van der Waals surface area (Å²) in [6, 6.07) is 10.3. The molecule has 0 fully saturated rings. The maximum absolute atomic E-state index is 10.7. The van der Waals surface area contributed by atoms with Gasteiger partial charge in [-0.2, -0.15) is 0 Å². The van der Waals surface area contributed by atoms with E-state index in [-0.39, 0.29) is 12.3 Å². The van der Waals surface area contributed by atoms with Gasteiger partial charge in [-0.25, -0.2) is 0 Å². The van der Waals surface area contributed by atoms with E-state index in [0.29, 0.717) is 0 Å². The van der Waals surface area contributed by atoms with Crippen LogP contribution in [0.5, 0.6) is 0 Å². The first kappa shape index (κ1) is 14.7. The molecule has 0 aliphatic heterocycles. The van der Waals surface area contributed by atoms with Crippen molar-refractivity contribution in [3.05, 3.63) is 35.9 Å². The molecule has 0 saturated heterocycles. The van der Waals surface area contributed by atoms with Crippen molar-refractivity contribution in [2.75, 3.05) is 13.1 Å². The summed E-state index contributed by atoms with van der Waals surface area (Å²) in [4.78, 5) is 10.7. The van der Waals surface area contributed by atoms with Crippen LogP contribution >= 0.6 is 0 Å². The molecule has 1 rings (SSSR count). The largest absolute Gasteiger partial charge is 0.481 e. The highest BCUT2D eigenvalue weighted by Gasteiger charge is 2.11. The van der Waals surface area contributed by atoms with Crippen LogP contribution in [0.4, 0.5) is 0 Å². The maximum Gasteiger partial charge on any atom is 0.303 e. The fourth-order valence-electron chi connectivity index (χ4n) is 2.12. The highest BCUT2D eigenvalue weighted by molar-refractivity contribution is 5.67. The summed E-state index contributed by atoms with van der Waals surface area (Å²) in [5.41, 5.74) is 1.32. The molecule has 0 heterocycles. The first-order valence-electron chi connectivity index (χ1n) is 6.68. The van der Waals surface area contributed by atoms with Crippen LogP contribution < -0.4 is 5.32 Å². The zero-order valence-corrected chi connectivity index (χ0v) is 11.1. The van der Waals surface area contributed by atoms with Crippen LogP contribution in [-0.2, 0) is 11.2 Å². The summed E-state index contributed by atoms with van der Waals surface area (Å²) in [7, 11) is 0. The van der Waals surface area contributed by atoms with Gasteiger partial charge in [-0.05, 0) is 37.4 Å². The van der Waals surface area contributed by atoms with Crippen LogP contribution in [0.25, 0.3) is 0 Å². The molecule has 0 amide bonds. The van der Waals surface area contributed by atoms with Gasteiger partial charge in [0.25, 0.3) is 0 Å². The summed E-state index contributed by atoms with van der Waals surface area (Å²) in [6.45, 7) is 3.80. The number of carboxylic acid groups (broad SMARTS) is 1. The molecule has 0 spiro atoms. The van der Waals surface area contributed by atoms with E-state index in [9.17, 15) is 4.79 Å². The van der Waals surface area contributed by atoms with E-state index < -0.39 is 5.97 Å². The maximum atomic E-state index is 10.7. The van der Waals surface area contributed by atoms with E-state index in [2.05, 4.69) is 24.4 Å². The molecule has 0 aromatic heterocycles. The lowest BCUT2D eigenvalue weighted by Gasteiger charge is -2.14. The molecule has 100 valence electrons. The van der Waals surface area contributed by atoms with E-state index in [0.717, 1.165) is 32.4 Å². The minimum Gasteiger partial charge on any atom is -0.481 e. The van der Waals surface area contributed by atoms with E-state index >= 15 is 0 Å². The third kappa shape index (κ3) is 6.40. The Hall–Kier alpha value is -1.35. The second kappa shape index (κ2) is 8.70. The number of aliphatic carboxylic acids is 1. The van der Waals surface area contributed by atoms with Crippen LogP contribution in [0, 0.1) is 5.92 Å². The van der Waals surface area contributed by atoms with Crippen LogP contribution in [0.1, 0.15) is 31.7 Å². The van der Waals surface area contributed by atoms with Crippen molar-refractivity contribution in [3.8, 4) is 0 Å². The van der Waals surface area contributed by atoms with Crippen molar-refractivity contribution in [1.29, 1.82) is 0 Å². The monoisotopic (exact) mass is 249 g/mol. The van der Waals surface area contributed by atoms with Crippen LogP contribution in [0.2, 0.25) is 0 Å². The minimum absolute atomic E-state index is 0.253. The number of rotatable bonds is 9. The molecular weight excluding hydrogens is 226 g/mol. The van der Waals surface area contributed by atoms with E-state index in [1.165, 1.54) is 5.56 Å². The van der Waals surface area contributed by atoms with E-state index in [1.54, 1.807) is 0 Å². The van der Waals surface area contributed by atoms with Gasteiger partial charge in [0.05, 0.1) is 0 Å². The van der Waals surface area contributed by atoms with Gasteiger partial charge in [0.1, 0.15) is 0 Å². The average molecular weight is 249 g/mol. The third-order valence-corrected chi connectivity index (χ3v) is 3.03. The Bertz CT molecular complexity index is 338.